The molecular weight excluding hydrogens is 390 g/mol. The number of hydrogen-bond donors (Lipinski definition) is 1. The highest BCUT2D eigenvalue weighted by molar-refractivity contribution is 5.73. The zero-order valence-corrected chi connectivity index (χ0v) is 17.6. The van der Waals surface area contributed by atoms with Crippen LogP contribution in [0.4, 0.5) is 0 Å². The summed E-state index contributed by atoms with van der Waals surface area (Å²) in [6.07, 6.45) is 2.57. The molecule has 0 aliphatic carbocycles. The Morgan fingerprint density at radius 1 is 0.903 bits per heavy atom. The SMILES string of the molecule is COc1ccc(C(c2cccc(Oc3ccccc3)c2)N2CCCCC2C(=O)O)cc1. The molecule has 3 aromatic rings. The van der Waals surface area contributed by atoms with Crippen LogP contribution in [0.2, 0.25) is 0 Å². The smallest absolute Gasteiger partial charge is 0.320 e. The summed E-state index contributed by atoms with van der Waals surface area (Å²) in [6.45, 7) is 0.734. The van der Waals surface area contributed by atoms with E-state index in [0.29, 0.717) is 6.42 Å². The van der Waals surface area contributed by atoms with Crippen LogP contribution in [0, 0.1) is 0 Å². The maximum Gasteiger partial charge on any atom is 0.320 e. The third-order valence-electron chi connectivity index (χ3n) is 5.75. The van der Waals surface area contributed by atoms with Gasteiger partial charge in [-0.05, 0) is 66.9 Å². The lowest BCUT2D eigenvalue weighted by Gasteiger charge is -2.39. The lowest BCUT2D eigenvalue weighted by atomic mass is 9.91. The number of aliphatic carboxylic acids is 1. The molecular formula is C26H27NO4. The van der Waals surface area contributed by atoms with Crippen molar-refractivity contribution in [2.45, 2.75) is 31.3 Å². The number of nitrogens with zero attached hydrogens (tertiary/aromatic N) is 1. The summed E-state index contributed by atoms with van der Waals surface area (Å²) in [5.74, 6) is 1.50. The number of para-hydroxylation sites is 1. The lowest BCUT2D eigenvalue weighted by Crippen LogP contribution is -2.46. The van der Waals surface area contributed by atoms with Crippen LogP contribution in [0.3, 0.4) is 0 Å². The number of benzene rings is 3. The molecule has 1 saturated heterocycles. The Morgan fingerprint density at radius 2 is 1.65 bits per heavy atom. The Hall–Kier alpha value is -3.31. The Kier molecular flexibility index (Phi) is 6.53. The van der Waals surface area contributed by atoms with Crippen molar-refractivity contribution in [1.82, 2.24) is 4.90 Å². The minimum atomic E-state index is -0.769. The van der Waals surface area contributed by atoms with Crippen LogP contribution in [0.5, 0.6) is 17.2 Å². The molecule has 1 aliphatic heterocycles. The summed E-state index contributed by atoms with van der Waals surface area (Å²) in [4.78, 5) is 14.2. The van der Waals surface area contributed by atoms with E-state index in [9.17, 15) is 9.90 Å². The Balaban J connectivity index is 1.73. The number of likely N-dealkylation sites (tertiary alicyclic amines) is 1. The van der Waals surface area contributed by atoms with E-state index in [1.807, 2.05) is 78.9 Å². The van der Waals surface area contributed by atoms with Crippen LogP contribution in [-0.4, -0.2) is 35.7 Å². The minimum absolute atomic E-state index is 0.188. The highest BCUT2D eigenvalue weighted by Gasteiger charge is 2.35. The third kappa shape index (κ3) is 4.89. The molecule has 31 heavy (non-hydrogen) atoms. The zero-order chi connectivity index (χ0) is 21.6. The Morgan fingerprint density at radius 3 is 2.35 bits per heavy atom. The first-order chi connectivity index (χ1) is 15.2. The lowest BCUT2D eigenvalue weighted by molar-refractivity contribution is -0.145. The molecule has 1 fully saturated rings. The van der Waals surface area contributed by atoms with Crippen LogP contribution in [0.25, 0.3) is 0 Å². The molecule has 5 nitrogen and oxygen atoms in total. The molecule has 0 bridgehead atoms. The minimum Gasteiger partial charge on any atom is -0.497 e. The third-order valence-corrected chi connectivity index (χ3v) is 5.75. The summed E-state index contributed by atoms with van der Waals surface area (Å²) in [6, 6.07) is 24.8. The van der Waals surface area contributed by atoms with Gasteiger partial charge in [0.2, 0.25) is 0 Å². The van der Waals surface area contributed by atoms with Crippen LogP contribution in [0.1, 0.15) is 36.4 Å². The van der Waals surface area contributed by atoms with E-state index < -0.39 is 12.0 Å². The van der Waals surface area contributed by atoms with Gasteiger partial charge < -0.3 is 14.6 Å². The average Bonchev–Trinajstić information content (AvgIpc) is 2.81. The van der Waals surface area contributed by atoms with Gasteiger partial charge in [0.15, 0.2) is 0 Å². The fourth-order valence-corrected chi connectivity index (χ4v) is 4.26. The van der Waals surface area contributed by atoms with Crippen molar-refractivity contribution in [3.05, 3.63) is 90.0 Å². The predicted octanol–water partition coefficient (Wildman–Crippen LogP) is 5.52. The second-order valence-corrected chi connectivity index (χ2v) is 7.75. The topological polar surface area (TPSA) is 59.0 Å². The highest BCUT2D eigenvalue weighted by Crippen LogP contribution is 2.36. The van der Waals surface area contributed by atoms with E-state index in [4.69, 9.17) is 9.47 Å². The van der Waals surface area contributed by atoms with Crippen molar-refractivity contribution >= 4 is 5.97 Å². The van der Waals surface area contributed by atoms with Crippen LogP contribution >= 0.6 is 0 Å². The fourth-order valence-electron chi connectivity index (χ4n) is 4.26. The largest absolute Gasteiger partial charge is 0.497 e. The molecule has 5 heteroatoms. The first kappa shape index (κ1) is 20.9. The number of piperidine rings is 1. The maximum atomic E-state index is 12.1. The molecule has 0 spiro atoms. The molecule has 0 aromatic heterocycles. The molecule has 2 unspecified atom stereocenters. The molecule has 3 aromatic carbocycles. The standard InChI is InChI=1S/C26H27NO4/c1-30-21-15-13-19(14-16-21)25(27-17-6-5-12-24(27)26(28)29)20-8-7-11-23(18-20)31-22-9-3-2-4-10-22/h2-4,7-11,13-16,18,24-25H,5-6,12,17H2,1H3,(H,28,29). The van der Waals surface area contributed by atoms with Gasteiger partial charge in [0.05, 0.1) is 13.2 Å². The van der Waals surface area contributed by atoms with Gasteiger partial charge in [-0.3, -0.25) is 9.69 Å². The molecule has 1 heterocycles. The number of hydrogen-bond acceptors (Lipinski definition) is 4. The van der Waals surface area contributed by atoms with E-state index in [1.165, 1.54) is 0 Å². The molecule has 0 saturated carbocycles. The van der Waals surface area contributed by atoms with Crippen LogP contribution in [-0.2, 0) is 4.79 Å². The number of methoxy groups -OCH3 is 1. The first-order valence-electron chi connectivity index (χ1n) is 10.6. The van der Waals surface area contributed by atoms with E-state index in [0.717, 1.165) is 47.8 Å². The summed E-state index contributed by atoms with van der Waals surface area (Å²) in [7, 11) is 1.64. The molecule has 1 aliphatic rings. The van der Waals surface area contributed by atoms with E-state index in [-0.39, 0.29) is 6.04 Å². The predicted molar refractivity (Wildman–Crippen MR) is 120 cm³/mol. The Bertz CT molecular complexity index is 1000. The Labute approximate surface area is 182 Å². The van der Waals surface area contributed by atoms with Gasteiger partial charge in [0, 0.05) is 0 Å². The van der Waals surface area contributed by atoms with Gasteiger partial charge >= 0.3 is 5.97 Å². The number of ether oxygens (including phenoxy) is 2. The first-order valence-corrected chi connectivity index (χ1v) is 10.6. The van der Waals surface area contributed by atoms with Gasteiger partial charge in [0.25, 0.3) is 0 Å². The summed E-state index contributed by atoms with van der Waals surface area (Å²) in [5.41, 5.74) is 2.04. The molecule has 2 atom stereocenters. The quantitative estimate of drug-likeness (QED) is 0.549. The summed E-state index contributed by atoms with van der Waals surface area (Å²) < 4.78 is 11.4. The second-order valence-electron chi connectivity index (χ2n) is 7.75. The van der Waals surface area contributed by atoms with Crippen molar-refractivity contribution in [2.75, 3.05) is 13.7 Å². The van der Waals surface area contributed by atoms with Crippen molar-refractivity contribution in [1.29, 1.82) is 0 Å². The normalized spacial score (nSPS) is 17.6. The number of carbonyl (C=O) groups is 1. The van der Waals surface area contributed by atoms with Crippen molar-refractivity contribution in [3.8, 4) is 17.2 Å². The average molecular weight is 418 g/mol. The highest BCUT2D eigenvalue weighted by atomic mass is 16.5. The van der Waals surface area contributed by atoms with Crippen LogP contribution < -0.4 is 9.47 Å². The maximum absolute atomic E-state index is 12.1. The molecule has 1 N–H and O–H groups in total. The molecule has 0 amide bonds. The van der Waals surface area contributed by atoms with Crippen molar-refractivity contribution in [3.63, 3.8) is 0 Å². The van der Waals surface area contributed by atoms with Crippen molar-refractivity contribution in [2.24, 2.45) is 0 Å². The monoisotopic (exact) mass is 417 g/mol. The van der Waals surface area contributed by atoms with Crippen LogP contribution in [0.15, 0.2) is 78.9 Å². The number of rotatable bonds is 7. The van der Waals surface area contributed by atoms with E-state index >= 15 is 0 Å². The second kappa shape index (κ2) is 9.67. The zero-order valence-electron chi connectivity index (χ0n) is 17.6. The summed E-state index contributed by atoms with van der Waals surface area (Å²) >= 11 is 0. The van der Waals surface area contributed by atoms with Gasteiger partial charge in [-0.1, -0.05) is 48.9 Å². The number of carboxylic acids is 1. The number of carboxylic acid groups (broad SMARTS) is 1. The summed E-state index contributed by atoms with van der Waals surface area (Å²) in [5, 5.41) is 9.90. The van der Waals surface area contributed by atoms with Gasteiger partial charge in [-0.25, -0.2) is 0 Å². The fraction of sp³-hybridized carbons (Fsp3) is 0.269. The van der Waals surface area contributed by atoms with Crippen molar-refractivity contribution < 1.29 is 19.4 Å². The van der Waals surface area contributed by atoms with Gasteiger partial charge in [-0.15, -0.1) is 0 Å². The van der Waals surface area contributed by atoms with E-state index in [2.05, 4.69) is 4.90 Å². The van der Waals surface area contributed by atoms with Gasteiger partial charge in [-0.2, -0.15) is 0 Å². The van der Waals surface area contributed by atoms with Gasteiger partial charge in [0.1, 0.15) is 23.3 Å². The molecule has 0 radical (unpaired) electrons. The molecule has 160 valence electrons. The molecule has 4 rings (SSSR count). The van der Waals surface area contributed by atoms with E-state index in [1.54, 1.807) is 7.11 Å².